The topological polar surface area (TPSA) is 18.5 Å². The summed E-state index contributed by atoms with van der Waals surface area (Å²) in [6.45, 7) is 11.3. The van der Waals surface area contributed by atoms with Crippen LogP contribution in [-0.4, -0.2) is 55.6 Å². The SMILES string of the molecule is Cc1ccccc1CN(C)CC(C)N1CCNCC1. The van der Waals surface area contributed by atoms with E-state index >= 15 is 0 Å². The fraction of sp³-hybridized carbons (Fsp3) is 0.625. The maximum absolute atomic E-state index is 3.41. The minimum atomic E-state index is 0.635. The highest BCUT2D eigenvalue weighted by Gasteiger charge is 2.17. The Kier molecular flexibility index (Phi) is 5.37. The van der Waals surface area contributed by atoms with E-state index in [1.807, 2.05) is 0 Å². The number of likely N-dealkylation sites (N-methyl/N-ethyl adjacent to an activating group) is 1. The van der Waals surface area contributed by atoms with Gasteiger partial charge in [-0.3, -0.25) is 4.90 Å². The lowest BCUT2D eigenvalue weighted by Crippen LogP contribution is -2.50. The van der Waals surface area contributed by atoms with Gasteiger partial charge < -0.3 is 10.2 Å². The molecule has 1 aliphatic heterocycles. The van der Waals surface area contributed by atoms with Crippen molar-refractivity contribution in [1.29, 1.82) is 0 Å². The fourth-order valence-corrected chi connectivity index (χ4v) is 2.83. The third kappa shape index (κ3) is 4.30. The second-order valence-corrected chi connectivity index (χ2v) is 5.76. The molecule has 0 aromatic heterocycles. The van der Waals surface area contributed by atoms with Crippen LogP contribution in [0.3, 0.4) is 0 Å². The van der Waals surface area contributed by atoms with Gasteiger partial charge in [-0.2, -0.15) is 0 Å². The number of rotatable bonds is 5. The van der Waals surface area contributed by atoms with Crippen LogP contribution in [0.5, 0.6) is 0 Å². The molecule has 0 spiro atoms. The summed E-state index contributed by atoms with van der Waals surface area (Å²) >= 11 is 0. The van der Waals surface area contributed by atoms with Crippen LogP contribution in [0.15, 0.2) is 24.3 Å². The number of nitrogens with zero attached hydrogens (tertiary/aromatic N) is 2. The van der Waals surface area contributed by atoms with Gasteiger partial charge in [-0.25, -0.2) is 0 Å². The molecule has 19 heavy (non-hydrogen) atoms. The number of benzene rings is 1. The van der Waals surface area contributed by atoms with Crippen molar-refractivity contribution in [1.82, 2.24) is 15.1 Å². The van der Waals surface area contributed by atoms with Gasteiger partial charge in [0.05, 0.1) is 0 Å². The summed E-state index contributed by atoms with van der Waals surface area (Å²) in [6, 6.07) is 9.32. The fourth-order valence-electron chi connectivity index (χ4n) is 2.83. The predicted molar refractivity (Wildman–Crippen MR) is 81.4 cm³/mol. The molecule has 0 bridgehead atoms. The molecule has 3 nitrogen and oxygen atoms in total. The molecule has 1 aromatic carbocycles. The summed E-state index contributed by atoms with van der Waals surface area (Å²) in [4.78, 5) is 5.03. The Balaban J connectivity index is 1.83. The normalized spacial score (nSPS) is 18.7. The quantitative estimate of drug-likeness (QED) is 0.871. The summed E-state index contributed by atoms with van der Waals surface area (Å²) in [5.41, 5.74) is 2.83. The van der Waals surface area contributed by atoms with Gasteiger partial charge in [0.2, 0.25) is 0 Å². The summed E-state index contributed by atoms with van der Waals surface area (Å²) in [6.07, 6.45) is 0. The maximum atomic E-state index is 3.41. The molecule has 0 radical (unpaired) electrons. The maximum Gasteiger partial charge on any atom is 0.0233 e. The van der Waals surface area contributed by atoms with E-state index in [4.69, 9.17) is 0 Å². The molecule has 106 valence electrons. The highest BCUT2D eigenvalue weighted by Crippen LogP contribution is 2.11. The van der Waals surface area contributed by atoms with Crippen LogP contribution in [0.1, 0.15) is 18.1 Å². The van der Waals surface area contributed by atoms with Crippen molar-refractivity contribution in [2.24, 2.45) is 0 Å². The van der Waals surface area contributed by atoms with E-state index in [0.29, 0.717) is 6.04 Å². The zero-order valence-electron chi connectivity index (χ0n) is 12.5. The Morgan fingerprint density at radius 3 is 2.63 bits per heavy atom. The predicted octanol–water partition coefficient (Wildman–Crippen LogP) is 1.72. The first-order chi connectivity index (χ1) is 9.16. The van der Waals surface area contributed by atoms with E-state index in [-0.39, 0.29) is 0 Å². The van der Waals surface area contributed by atoms with Crippen LogP contribution in [0.25, 0.3) is 0 Å². The molecule has 0 aliphatic carbocycles. The Morgan fingerprint density at radius 2 is 1.95 bits per heavy atom. The van der Waals surface area contributed by atoms with E-state index in [9.17, 15) is 0 Å². The first-order valence-electron chi connectivity index (χ1n) is 7.34. The van der Waals surface area contributed by atoms with Crippen molar-refractivity contribution in [2.75, 3.05) is 39.8 Å². The molecule has 2 rings (SSSR count). The van der Waals surface area contributed by atoms with Crippen molar-refractivity contribution < 1.29 is 0 Å². The average molecular weight is 261 g/mol. The highest BCUT2D eigenvalue weighted by molar-refractivity contribution is 5.25. The minimum absolute atomic E-state index is 0.635. The van der Waals surface area contributed by atoms with Crippen molar-refractivity contribution >= 4 is 0 Å². The van der Waals surface area contributed by atoms with Crippen molar-refractivity contribution in [2.45, 2.75) is 26.4 Å². The van der Waals surface area contributed by atoms with Crippen molar-refractivity contribution in [3.8, 4) is 0 Å². The van der Waals surface area contributed by atoms with Gasteiger partial charge in [0.1, 0.15) is 0 Å². The van der Waals surface area contributed by atoms with Gasteiger partial charge in [0.15, 0.2) is 0 Å². The first-order valence-corrected chi connectivity index (χ1v) is 7.34. The van der Waals surface area contributed by atoms with E-state index in [2.05, 4.69) is 60.3 Å². The lowest BCUT2D eigenvalue weighted by molar-refractivity contribution is 0.144. The third-order valence-electron chi connectivity index (χ3n) is 4.05. The van der Waals surface area contributed by atoms with E-state index < -0.39 is 0 Å². The monoisotopic (exact) mass is 261 g/mol. The number of piperazine rings is 1. The standard InChI is InChI=1S/C16H27N3/c1-14-6-4-5-7-16(14)13-18(3)12-15(2)19-10-8-17-9-11-19/h4-7,15,17H,8-13H2,1-3H3. The Morgan fingerprint density at radius 1 is 1.26 bits per heavy atom. The molecule has 0 amide bonds. The van der Waals surface area contributed by atoms with Gasteiger partial charge in [0.25, 0.3) is 0 Å². The lowest BCUT2D eigenvalue weighted by atomic mass is 10.1. The molecule has 1 heterocycles. The van der Waals surface area contributed by atoms with Crippen LogP contribution in [0.2, 0.25) is 0 Å². The zero-order valence-corrected chi connectivity index (χ0v) is 12.5. The molecule has 1 atom stereocenters. The highest BCUT2D eigenvalue weighted by atomic mass is 15.2. The molecule has 1 saturated heterocycles. The molecule has 1 aromatic rings. The molecular formula is C16H27N3. The number of nitrogens with one attached hydrogen (secondary N) is 1. The van der Waals surface area contributed by atoms with Crippen LogP contribution in [-0.2, 0) is 6.54 Å². The Labute approximate surface area is 117 Å². The van der Waals surface area contributed by atoms with Gasteiger partial charge >= 0.3 is 0 Å². The van der Waals surface area contributed by atoms with Crippen molar-refractivity contribution in [3.05, 3.63) is 35.4 Å². The number of aryl methyl sites for hydroxylation is 1. The van der Waals surface area contributed by atoms with Crippen LogP contribution < -0.4 is 5.32 Å². The van der Waals surface area contributed by atoms with E-state index in [1.54, 1.807) is 0 Å². The van der Waals surface area contributed by atoms with Gasteiger partial charge in [-0.1, -0.05) is 24.3 Å². The first kappa shape index (κ1) is 14.5. The van der Waals surface area contributed by atoms with Crippen LogP contribution >= 0.6 is 0 Å². The third-order valence-corrected chi connectivity index (χ3v) is 4.05. The zero-order chi connectivity index (χ0) is 13.7. The number of hydrogen-bond acceptors (Lipinski definition) is 3. The summed E-state index contributed by atoms with van der Waals surface area (Å²) in [7, 11) is 2.23. The smallest absolute Gasteiger partial charge is 0.0233 e. The van der Waals surface area contributed by atoms with Gasteiger partial charge in [-0.15, -0.1) is 0 Å². The van der Waals surface area contributed by atoms with E-state index in [0.717, 1.165) is 26.2 Å². The number of hydrogen-bond donors (Lipinski definition) is 1. The summed E-state index contributed by atoms with van der Waals surface area (Å²) in [5.74, 6) is 0. The minimum Gasteiger partial charge on any atom is -0.314 e. The molecular weight excluding hydrogens is 234 g/mol. The summed E-state index contributed by atoms with van der Waals surface area (Å²) < 4.78 is 0. The Hall–Kier alpha value is -0.900. The van der Waals surface area contributed by atoms with Crippen molar-refractivity contribution in [3.63, 3.8) is 0 Å². The van der Waals surface area contributed by atoms with Gasteiger partial charge in [0, 0.05) is 45.3 Å². The summed E-state index contributed by atoms with van der Waals surface area (Å²) in [5, 5.41) is 3.41. The molecule has 0 saturated carbocycles. The lowest BCUT2D eigenvalue weighted by Gasteiger charge is -2.35. The largest absolute Gasteiger partial charge is 0.314 e. The second kappa shape index (κ2) is 7.04. The Bertz CT molecular complexity index is 385. The van der Waals surface area contributed by atoms with Crippen LogP contribution in [0, 0.1) is 6.92 Å². The second-order valence-electron chi connectivity index (χ2n) is 5.76. The van der Waals surface area contributed by atoms with Crippen LogP contribution in [0.4, 0.5) is 0 Å². The van der Waals surface area contributed by atoms with Gasteiger partial charge in [-0.05, 0) is 32.0 Å². The molecule has 1 fully saturated rings. The van der Waals surface area contributed by atoms with E-state index in [1.165, 1.54) is 24.2 Å². The molecule has 1 aliphatic rings. The molecule has 1 N–H and O–H groups in total. The average Bonchev–Trinajstić information content (AvgIpc) is 2.42. The molecule has 1 unspecified atom stereocenters. The molecule has 3 heteroatoms.